The van der Waals surface area contributed by atoms with Gasteiger partial charge in [-0.1, -0.05) is 42.5 Å². The third kappa shape index (κ3) is 6.23. The van der Waals surface area contributed by atoms with Crippen LogP contribution in [0.25, 0.3) is 0 Å². The van der Waals surface area contributed by atoms with Crippen LogP contribution < -0.4 is 10.6 Å². The van der Waals surface area contributed by atoms with Crippen molar-refractivity contribution in [3.05, 3.63) is 95.1 Å². The number of urea groups is 1. The van der Waals surface area contributed by atoms with E-state index in [0.717, 1.165) is 23.3 Å². The van der Waals surface area contributed by atoms with E-state index in [1.54, 1.807) is 6.07 Å². The number of anilines is 1. The van der Waals surface area contributed by atoms with Crippen LogP contribution in [0.4, 0.5) is 10.5 Å². The highest BCUT2D eigenvalue weighted by Crippen LogP contribution is 2.31. The quantitative estimate of drug-likeness (QED) is 0.445. The lowest BCUT2D eigenvalue weighted by molar-refractivity contribution is 0.0713. The molecular weight excluding hydrogens is 456 g/mol. The summed E-state index contributed by atoms with van der Waals surface area (Å²) >= 11 is 1.52. The summed E-state index contributed by atoms with van der Waals surface area (Å²) in [7, 11) is 0. The molecule has 1 aliphatic heterocycles. The standard InChI is InChI=1S/C28H28N4O2S/c1-35-26-12-11-24(17-25(26)31-28(34)30-19-21-5-3-2-4-6-21)27(33)32-15-13-23(14-16-32)22-9-7-20(18-29)8-10-22/h2-12,17,23H,13-16,19H2,1H3,(H2,30,31,34). The number of carbonyl (C=O) groups is 2. The maximum absolute atomic E-state index is 13.2. The second-order valence-electron chi connectivity index (χ2n) is 8.51. The molecule has 0 bridgehead atoms. The van der Waals surface area contributed by atoms with Crippen LogP contribution in [-0.2, 0) is 6.54 Å². The molecule has 1 saturated heterocycles. The van der Waals surface area contributed by atoms with Gasteiger partial charge in [-0.2, -0.15) is 5.26 Å². The Balaban J connectivity index is 1.37. The van der Waals surface area contributed by atoms with Gasteiger partial charge >= 0.3 is 6.03 Å². The van der Waals surface area contributed by atoms with Gasteiger partial charge < -0.3 is 15.5 Å². The number of nitrogens with zero attached hydrogens (tertiary/aromatic N) is 2. The lowest BCUT2D eigenvalue weighted by Gasteiger charge is -2.32. The molecule has 0 aromatic heterocycles. The highest BCUT2D eigenvalue weighted by molar-refractivity contribution is 7.98. The first-order valence-electron chi connectivity index (χ1n) is 11.6. The Morgan fingerprint density at radius 3 is 2.40 bits per heavy atom. The molecule has 1 fully saturated rings. The van der Waals surface area contributed by atoms with Gasteiger partial charge in [-0.05, 0) is 66.5 Å². The van der Waals surface area contributed by atoms with Crippen LogP contribution in [0.1, 0.15) is 45.8 Å². The number of benzene rings is 3. The first-order valence-corrected chi connectivity index (χ1v) is 12.9. The molecule has 0 radical (unpaired) electrons. The largest absolute Gasteiger partial charge is 0.339 e. The summed E-state index contributed by atoms with van der Waals surface area (Å²) in [6.45, 7) is 1.77. The van der Waals surface area contributed by atoms with E-state index in [-0.39, 0.29) is 11.9 Å². The van der Waals surface area contributed by atoms with Crippen molar-refractivity contribution >= 4 is 29.4 Å². The van der Waals surface area contributed by atoms with Crippen LogP contribution >= 0.6 is 11.8 Å². The van der Waals surface area contributed by atoms with E-state index in [0.29, 0.717) is 42.4 Å². The van der Waals surface area contributed by atoms with Gasteiger partial charge in [0.1, 0.15) is 0 Å². The maximum Gasteiger partial charge on any atom is 0.319 e. The Bertz CT molecular complexity index is 1210. The molecular formula is C28H28N4O2S. The van der Waals surface area contributed by atoms with Crippen molar-refractivity contribution in [2.45, 2.75) is 30.2 Å². The molecule has 0 spiro atoms. The topological polar surface area (TPSA) is 85.2 Å². The fourth-order valence-electron chi connectivity index (χ4n) is 4.31. The number of nitriles is 1. The molecule has 2 N–H and O–H groups in total. The highest BCUT2D eigenvalue weighted by atomic mass is 32.2. The lowest BCUT2D eigenvalue weighted by atomic mass is 9.89. The van der Waals surface area contributed by atoms with E-state index in [1.165, 1.54) is 17.3 Å². The number of thioether (sulfide) groups is 1. The van der Waals surface area contributed by atoms with Gasteiger partial charge in [0.25, 0.3) is 5.91 Å². The van der Waals surface area contributed by atoms with E-state index in [2.05, 4.69) is 16.7 Å². The molecule has 0 saturated carbocycles. The van der Waals surface area contributed by atoms with Crippen molar-refractivity contribution in [2.75, 3.05) is 24.7 Å². The minimum Gasteiger partial charge on any atom is -0.339 e. The zero-order valence-corrected chi connectivity index (χ0v) is 20.5. The van der Waals surface area contributed by atoms with Crippen LogP contribution in [0.3, 0.4) is 0 Å². The van der Waals surface area contributed by atoms with Crippen molar-refractivity contribution in [3.8, 4) is 6.07 Å². The summed E-state index contributed by atoms with van der Waals surface area (Å²) in [5.74, 6) is 0.361. The van der Waals surface area contributed by atoms with E-state index in [4.69, 9.17) is 5.26 Å². The smallest absolute Gasteiger partial charge is 0.319 e. The first-order chi connectivity index (χ1) is 17.1. The second kappa shape index (κ2) is 11.6. The fraction of sp³-hybridized carbons (Fsp3) is 0.250. The predicted octanol–water partition coefficient (Wildman–Crippen LogP) is 5.62. The third-order valence-corrected chi connectivity index (χ3v) is 7.08. The first kappa shape index (κ1) is 24.4. The molecule has 3 aromatic rings. The Kier molecular flexibility index (Phi) is 8.07. The molecule has 3 aromatic carbocycles. The Morgan fingerprint density at radius 2 is 1.74 bits per heavy atom. The van der Waals surface area contributed by atoms with Crippen LogP contribution in [0.2, 0.25) is 0 Å². The van der Waals surface area contributed by atoms with Crippen molar-refractivity contribution in [1.82, 2.24) is 10.2 Å². The van der Waals surface area contributed by atoms with Gasteiger partial charge in [-0.25, -0.2) is 4.79 Å². The fourth-order valence-corrected chi connectivity index (χ4v) is 4.85. The van der Waals surface area contributed by atoms with Gasteiger partial charge in [0.05, 0.1) is 17.3 Å². The highest BCUT2D eigenvalue weighted by Gasteiger charge is 2.25. The molecule has 1 heterocycles. The number of carbonyl (C=O) groups excluding carboxylic acids is 2. The molecule has 4 rings (SSSR count). The molecule has 35 heavy (non-hydrogen) atoms. The number of rotatable bonds is 6. The van der Waals surface area contributed by atoms with Gasteiger partial charge in [0.2, 0.25) is 0 Å². The molecule has 7 heteroatoms. The van der Waals surface area contributed by atoms with E-state index < -0.39 is 0 Å². The SMILES string of the molecule is CSc1ccc(C(=O)N2CCC(c3ccc(C#N)cc3)CC2)cc1NC(=O)NCc1ccccc1. The summed E-state index contributed by atoms with van der Waals surface area (Å²) < 4.78 is 0. The van der Waals surface area contributed by atoms with Gasteiger partial charge in [-0.15, -0.1) is 11.8 Å². The van der Waals surface area contributed by atoms with Gasteiger partial charge in [0, 0.05) is 30.1 Å². The zero-order valence-electron chi connectivity index (χ0n) is 19.7. The second-order valence-corrected chi connectivity index (χ2v) is 9.36. The Hall–Kier alpha value is -3.76. The minimum atomic E-state index is -0.308. The van der Waals surface area contributed by atoms with Crippen molar-refractivity contribution in [3.63, 3.8) is 0 Å². The minimum absolute atomic E-state index is 0.0244. The zero-order chi connectivity index (χ0) is 24.6. The average molecular weight is 485 g/mol. The van der Waals surface area contributed by atoms with Crippen molar-refractivity contribution < 1.29 is 9.59 Å². The monoisotopic (exact) mass is 484 g/mol. The molecule has 0 unspecified atom stereocenters. The van der Waals surface area contributed by atoms with Crippen LogP contribution in [0.15, 0.2) is 77.7 Å². The summed E-state index contributed by atoms with van der Waals surface area (Å²) in [6.07, 6.45) is 3.71. The molecule has 178 valence electrons. The number of likely N-dealkylation sites (tertiary alicyclic amines) is 1. The number of hydrogen-bond donors (Lipinski definition) is 2. The molecule has 3 amide bonds. The van der Waals surface area contributed by atoms with E-state index >= 15 is 0 Å². The van der Waals surface area contributed by atoms with Crippen LogP contribution in [-0.4, -0.2) is 36.2 Å². The number of piperidine rings is 1. The normalized spacial score (nSPS) is 13.7. The summed E-state index contributed by atoms with van der Waals surface area (Å²) in [4.78, 5) is 28.5. The maximum atomic E-state index is 13.2. The average Bonchev–Trinajstić information content (AvgIpc) is 2.92. The number of amides is 3. The van der Waals surface area contributed by atoms with Crippen molar-refractivity contribution in [1.29, 1.82) is 5.26 Å². The van der Waals surface area contributed by atoms with Gasteiger partial charge in [-0.3, -0.25) is 4.79 Å². The molecule has 1 aliphatic rings. The number of hydrogen-bond acceptors (Lipinski definition) is 4. The lowest BCUT2D eigenvalue weighted by Crippen LogP contribution is -2.38. The summed E-state index contributed by atoms with van der Waals surface area (Å²) in [5, 5.41) is 14.8. The molecule has 6 nitrogen and oxygen atoms in total. The third-order valence-electron chi connectivity index (χ3n) is 6.28. The molecule has 0 aliphatic carbocycles. The van der Waals surface area contributed by atoms with Crippen molar-refractivity contribution in [2.24, 2.45) is 0 Å². The van der Waals surface area contributed by atoms with Crippen LogP contribution in [0.5, 0.6) is 0 Å². The molecule has 0 atom stereocenters. The summed E-state index contributed by atoms with van der Waals surface area (Å²) in [5.41, 5.74) is 4.09. The Morgan fingerprint density at radius 1 is 1.03 bits per heavy atom. The number of nitrogens with one attached hydrogen (secondary N) is 2. The van der Waals surface area contributed by atoms with Gasteiger partial charge in [0.15, 0.2) is 0 Å². The predicted molar refractivity (Wildman–Crippen MR) is 140 cm³/mol. The van der Waals surface area contributed by atoms with E-state index in [9.17, 15) is 9.59 Å². The van der Waals surface area contributed by atoms with E-state index in [1.807, 2.05) is 77.9 Å². The summed E-state index contributed by atoms with van der Waals surface area (Å²) in [6, 6.07) is 24.8. The van der Waals surface area contributed by atoms with Crippen LogP contribution in [0, 0.1) is 11.3 Å². The Labute approximate surface area is 210 Å².